The molecule has 35 heavy (non-hydrogen) atoms. The summed E-state index contributed by atoms with van der Waals surface area (Å²) in [6, 6.07) is 7.71. The fraction of sp³-hybridized carbons (Fsp3) is 0.348. The van der Waals surface area contributed by atoms with Gasteiger partial charge < -0.3 is 15.0 Å². The molecule has 10 nitrogen and oxygen atoms in total. The number of benzene rings is 1. The van der Waals surface area contributed by atoms with Crippen LogP contribution in [-0.2, 0) is 18.3 Å². The van der Waals surface area contributed by atoms with Gasteiger partial charge in [-0.05, 0) is 36.6 Å². The van der Waals surface area contributed by atoms with Crippen LogP contribution in [0.25, 0.3) is 22.3 Å². The van der Waals surface area contributed by atoms with Crippen LogP contribution < -0.4 is 10.2 Å². The molecule has 1 amide bonds. The topological polar surface area (TPSA) is 103 Å². The summed E-state index contributed by atoms with van der Waals surface area (Å²) in [6.45, 7) is 3.68. The molecule has 12 heteroatoms. The zero-order chi connectivity index (χ0) is 24.4. The number of nitrogens with zero attached hydrogens (tertiary/aromatic N) is 7. The lowest BCUT2D eigenvalue weighted by atomic mass is 10.1. The number of halogens is 1. The number of anilines is 1. The number of rotatable bonds is 7. The van der Waals surface area contributed by atoms with Crippen molar-refractivity contribution in [3.05, 3.63) is 48.0 Å². The summed E-state index contributed by atoms with van der Waals surface area (Å²) in [4.78, 5) is 24.4. The molecule has 1 aliphatic heterocycles. The van der Waals surface area contributed by atoms with Crippen molar-refractivity contribution >= 4 is 34.5 Å². The molecule has 0 radical (unpaired) electrons. The Hall–Kier alpha value is -3.51. The van der Waals surface area contributed by atoms with Crippen molar-refractivity contribution in [3.63, 3.8) is 0 Å². The Bertz CT molecular complexity index is 1350. The summed E-state index contributed by atoms with van der Waals surface area (Å²) in [5, 5.41) is 13.4. The maximum Gasteiger partial charge on any atom is 0.269 e. The number of carbonyl (C=O) groups excluding carboxylic acids is 1. The van der Waals surface area contributed by atoms with Crippen molar-refractivity contribution < 1.29 is 13.9 Å². The molecule has 1 aromatic carbocycles. The number of fused-ring (bicyclic) bond motifs is 1. The van der Waals surface area contributed by atoms with Crippen LogP contribution >= 0.6 is 11.8 Å². The number of amides is 1. The van der Waals surface area contributed by atoms with Gasteiger partial charge in [0.15, 0.2) is 10.8 Å². The van der Waals surface area contributed by atoms with E-state index >= 15 is 0 Å². The number of hydrogen-bond acceptors (Lipinski definition) is 8. The highest BCUT2D eigenvalue weighted by Gasteiger charge is 2.20. The van der Waals surface area contributed by atoms with Crippen LogP contribution in [0.1, 0.15) is 10.5 Å². The van der Waals surface area contributed by atoms with Gasteiger partial charge in [-0.2, -0.15) is 10.2 Å². The highest BCUT2D eigenvalue weighted by molar-refractivity contribution is 7.98. The van der Waals surface area contributed by atoms with Crippen LogP contribution in [0.3, 0.4) is 0 Å². The highest BCUT2D eigenvalue weighted by Crippen LogP contribution is 2.27. The van der Waals surface area contributed by atoms with E-state index in [0.717, 1.165) is 35.5 Å². The van der Waals surface area contributed by atoms with Gasteiger partial charge >= 0.3 is 0 Å². The summed E-state index contributed by atoms with van der Waals surface area (Å²) in [6.07, 6.45) is 3.72. The van der Waals surface area contributed by atoms with Gasteiger partial charge in [0.05, 0.1) is 37.0 Å². The molecule has 0 spiro atoms. The molecule has 0 atom stereocenters. The smallest absolute Gasteiger partial charge is 0.269 e. The first-order chi connectivity index (χ1) is 17.0. The minimum absolute atomic E-state index is 0.252. The Morgan fingerprint density at radius 2 is 1.97 bits per heavy atom. The van der Waals surface area contributed by atoms with Crippen molar-refractivity contribution in [1.29, 1.82) is 0 Å². The Morgan fingerprint density at radius 1 is 1.20 bits per heavy atom. The Kier molecular flexibility index (Phi) is 6.64. The van der Waals surface area contributed by atoms with E-state index in [4.69, 9.17) is 9.72 Å². The number of morpholine rings is 1. The number of carbonyl (C=O) groups is 1. The standard InChI is InChI=1S/C23H25FN8O2S/c1-30-19(13-18(29-30)15-3-5-16(24)6-4-15)22(33)25-7-8-32-21-17(14-26-32)20(27-23(28-21)35-2)31-9-11-34-12-10-31/h3-6,13-14H,7-12H2,1-2H3,(H,25,33). The van der Waals surface area contributed by atoms with Crippen LogP contribution in [0.15, 0.2) is 41.7 Å². The second-order valence-corrected chi connectivity index (χ2v) is 8.81. The van der Waals surface area contributed by atoms with E-state index in [1.54, 1.807) is 36.1 Å². The molecule has 1 saturated heterocycles. The van der Waals surface area contributed by atoms with Gasteiger partial charge in [0, 0.05) is 32.2 Å². The third kappa shape index (κ3) is 4.84. The SMILES string of the molecule is CSc1nc(N2CCOCC2)c2cnn(CCNC(=O)c3cc(-c4ccc(F)cc4)nn3C)c2n1. The fourth-order valence-corrected chi connectivity index (χ4v) is 4.35. The number of aryl methyl sites for hydroxylation is 1. The molecule has 182 valence electrons. The average molecular weight is 497 g/mol. The predicted octanol–water partition coefficient (Wildman–Crippen LogP) is 2.35. The quantitative estimate of drug-likeness (QED) is 0.307. The highest BCUT2D eigenvalue weighted by atomic mass is 32.2. The normalized spacial score (nSPS) is 14.0. The molecule has 0 bridgehead atoms. The maximum absolute atomic E-state index is 13.2. The summed E-state index contributed by atoms with van der Waals surface area (Å²) in [5.41, 5.74) is 2.49. The first-order valence-electron chi connectivity index (χ1n) is 11.2. The van der Waals surface area contributed by atoms with Crippen molar-refractivity contribution in [1.82, 2.24) is 34.8 Å². The molecule has 0 aliphatic carbocycles. The minimum Gasteiger partial charge on any atom is -0.378 e. The summed E-state index contributed by atoms with van der Waals surface area (Å²) < 4.78 is 22.0. The summed E-state index contributed by atoms with van der Waals surface area (Å²) in [5.74, 6) is 0.292. The van der Waals surface area contributed by atoms with Gasteiger partial charge in [-0.3, -0.25) is 9.48 Å². The third-order valence-electron chi connectivity index (χ3n) is 5.81. The van der Waals surface area contributed by atoms with Crippen LogP contribution in [0.5, 0.6) is 0 Å². The van der Waals surface area contributed by atoms with E-state index in [9.17, 15) is 9.18 Å². The molecule has 0 unspecified atom stereocenters. The predicted molar refractivity (Wildman–Crippen MR) is 131 cm³/mol. The van der Waals surface area contributed by atoms with Crippen molar-refractivity contribution in [2.24, 2.45) is 7.05 Å². The van der Waals surface area contributed by atoms with E-state index in [-0.39, 0.29) is 11.7 Å². The van der Waals surface area contributed by atoms with Crippen LogP contribution in [0.2, 0.25) is 0 Å². The van der Waals surface area contributed by atoms with E-state index < -0.39 is 0 Å². The van der Waals surface area contributed by atoms with Crippen LogP contribution in [0.4, 0.5) is 10.2 Å². The number of aromatic nitrogens is 6. The second kappa shape index (κ2) is 10.0. The van der Waals surface area contributed by atoms with Crippen LogP contribution in [-0.4, -0.2) is 74.5 Å². The zero-order valence-electron chi connectivity index (χ0n) is 19.4. The Morgan fingerprint density at radius 3 is 2.71 bits per heavy atom. The number of thioether (sulfide) groups is 1. The first-order valence-corrected chi connectivity index (χ1v) is 12.4. The molecule has 3 aromatic heterocycles. The van der Waals surface area contributed by atoms with E-state index in [1.165, 1.54) is 28.6 Å². The monoisotopic (exact) mass is 496 g/mol. The fourth-order valence-electron chi connectivity index (χ4n) is 4.00. The largest absolute Gasteiger partial charge is 0.378 e. The van der Waals surface area contributed by atoms with Gasteiger partial charge in [0.1, 0.15) is 17.3 Å². The van der Waals surface area contributed by atoms with Crippen LogP contribution in [0, 0.1) is 5.82 Å². The first kappa shape index (κ1) is 23.2. The van der Waals surface area contributed by atoms with Gasteiger partial charge in [-0.15, -0.1) is 0 Å². The molecular weight excluding hydrogens is 471 g/mol. The molecule has 1 fully saturated rings. The zero-order valence-corrected chi connectivity index (χ0v) is 20.3. The lowest BCUT2D eigenvalue weighted by molar-refractivity contribution is 0.0942. The molecule has 1 N–H and O–H groups in total. The third-order valence-corrected chi connectivity index (χ3v) is 6.36. The number of hydrogen-bond donors (Lipinski definition) is 1. The van der Waals surface area contributed by atoms with Gasteiger partial charge in [-0.1, -0.05) is 11.8 Å². The van der Waals surface area contributed by atoms with E-state index in [0.29, 0.717) is 42.8 Å². The molecular formula is C23H25FN8O2S. The molecule has 5 rings (SSSR count). The van der Waals surface area contributed by atoms with Crippen molar-refractivity contribution in [3.8, 4) is 11.3 Å². The number of nitrogens with one attached hydrogen (secondary N) is 1. The van der Waals surface area contributed by atoms with E-state index in [1.807, 2.05) is 6.26 Å². The molecule has 0 saturated carbocycles. The summed E-state index contributed by atoms with van der Waals surface area (Å²) in [7, 11) is 1.71. The second-order valence-electron chi connectivity index (χ2n) is 8.04. The average Bonchev–Trinajstić information content (AvgIpc) is 3.48. The molecule has 4 heterocycles. The van der Waals surface area contributed by atoms with Gasteiger partial charge in [-0.25, -0.2) is 19.0 Å². The summed E-state index contributed by atoms with van der Waals surface area (Å²) >= 11 is 1.48. The Labute approximate surface area is 205 Å². The lowest BCUT2D eigenvalue weighted by Gasteiger charge is -2.28. The Balaban J connectivity index is 1.29. The number of ether oxygens (including phenoxy) is 1. The van der Waals surface area contributed by atoms with E-state index in [2.05, 4.69) is 25.4 Å². The van der Waals surface area contributed by atoms with Gasteiger partial charge in [0.2, 0.25) is 0 Å². The molecule has 4 aromatic rings. The minimum atomic E-state index is -0.319. The van der Waals surface area contributed by atoms with Gasteiger partial charge in [0.25, 0.3) is 5.91 Å². The maximum atomic E-state index is 13.2. The molecule has 1 aliphatic rings. The lowest BCUT2D eigenvalue weighted by Crippen LogP contribution is -2.37. The van der Waals surface area contributed by atoms with Crippen molar-refractivity contribution in [2.75, 3.05) is 44.0 Å². The van der Waals surface area contributed by atoms with Crippen molar-refractivity contribution in [2.45, 2.75) is 11.7 Å².